The summed E-state index contributed by atoms with van der Waals surface area (Å²) in [6.07, 6.45) is 11.4. The molecule has 1 heterocycles. The molecule has 0 bridgehead atoms. The van der Waals surface area contributed by atoms with Crippen molar-refractivity contribution in [3.63, 3.8) is 0 Å². The number of pyridine rings is 1. The summed E-state index contributed by atoms with van der Waals surface area (Å²) in [5.74, 6) is 0. The maximum Gasteiger partial charge on any atom is 0.0707 e. The Kier molecular flexibility index (Phi) is 5.69. The van der Waals surface area contributed by atoms with Gasteiger partial charge in [0.1, 0.15) is 0 Å². The quantitative estimate of drug-likeness (QED) is 0.312. The van der Waals surface area contributed by atoms with Crippen LogP contribution in [0, 0.1) is 0 Å². The molecule has 6 rings (SSSR count). The van der Waals surface area contributed by atoms with Gasteiger partial charge < -0.3 is 0 Å². The van der Waals surface area contributed by atoms with Gasteiger partial charge in [-0.05, 0) is 95.2 Å². The molecule has 0 fully saturated rings. The lowest BCUT2D eigenvalue weighted by Gasteiger charge is -2.29. The third-order valence-corrected chi connectivity index (χ3v) is 7.10. The van der Waals surface area contributed by atoms with E-state index in [1.54, 1.807) is 0 Å². The SMILES string of the molecule is C(=C1CCCc2c1nc1c(c2-c2ccccc2)CCCC1=Cc1ccccc1)c1ccccc1. The van der Waals surface area contributed by atoms with Crippen LogP contribution in [0.5, 0.6) is 0 Å². The van der Waals surface area contributed by atoms with E-state index in [4.69, 9.17) is 4.98 Å². The minimum absolute atomic E-state index is 1.08. The molecule has 2 aliphatic carbocycles. The second-order valence-electron chi connectivity index (χ2n) is 9.37. The molecule has 34 heavy (non-hydrogen) atoms. The monoisotopic (exact) mass is 439 g/mol. The van der Waals surface area contributed by atoms with Crippen LogP contribution in [0.3, 0.4) is 0 Å². The average Bonchev–Trinajstić information content (AvgIpc) is 2.90. The van der Waals surface area contributed by atoms with Gasteiger partial charge in [-0.25, -0.2) is 4.98 Å². The smallest absolute Gasteiger partial charge is 0.0707 e. The molecule has 0 aliphatic heterocycles. The molecule has 0 atom stereocenters. The Morgan fingerprint density at radius 2 is 0.941 bits per heavy atom. The highest BCUT2D eigenvalue weighted by Crippen LogP contribution is 2.44. The highest BCUT2D eigenvalue weighted by atomic mass is 14.7. The predicted molar refractivity (Wildman–Crippen MR) is 144 cm³/mol. The molecule has 0 amide bonds. The van der Waals surface area contributed by atoms with Gasteiger partial charge in [-0.15, -0.1) is 0 Å². The zero-order chi connectivity index (χ0) is 22.7. The second-order valence-corrected chi connectivity index (χ2v) is 9.37. The van der Waals surface area contributed by atoms with Crippen molar-refractivity contribution in [1.29, 1.82) is 0 Å². The second kappa shape index (κ2) is 9.27. The summed E-state index contributed by atoms with van der Waals surface area (Å²) in [4.78, 5) is 5.46. The lowest BCUT2D eigenvalue weighted by molar-refractivity contribution is 0.778. The van der Waals surface area contributed by atoms with Gasteiger partial charge in [0.2, 0.25) is 0 Å². The van der Waals surface area contributed by atoms with Crippen LogP contribution in [0.4, 0.5) is 0 Å². The average molecular weight is 440 g/mol. The number of aromatic nitrogens is 1. The minimum atomic E-state index is 1.08. The Bertz CT molecular complexity index is 1280. The summed E-state index contributed by atoms with van der Waals surface area (Å²) < 4.78 is 0. The van der Waals surface area contributed by atoms with E-state index in [-0.39, 0.29) is 0 Å². The molecule has 0 N–H and O–H groups in total. The molecule has 0 radical (unpaired) electrons. The van der Waals surface area contributed by atoms with Gasteiger partial charge in [0.25, 0.3) is 0 Å². The van der Waals surface area contributed by atoms with Crippen LogP contribution >= 0.6 is 0 Å². The molecule has 1 heteroatoms. The third-order valence-electron chi connectivity index (χ3n) is 7.10. The van der Waals surface area contributed by atoms with Crippen molar-refractivity contribution in [2.24, 2.45) is 0 Å². The van der Waals surface area contributed by atoms with E-state index < -0.39 is 0 Å². The standard InChI is InChI=1S/C33H29N/c1-4-12-24(13-5-1)22-27-18-10-20-29-31(26-16-8-3-9-17-26)30-21-11-19-28(33(30)34-32(27)29)23-25-14-6-2-7-15-25/h1-9,12-17,22-23H,10-11,18-21H2. The topological polar surface area (TPSA) is 12.9 Å². The summed E-state index contributed by atoms with van der Waals surface area (Å²) in [5.41, 5.74) is 13.4. The van der Waals surface area contributed by atoms with E-state index in [0.717, 1.165) is 25.7 Å². The van der Waals surface area contributed by atoms with Crippen molar-refractivity contribution in [3.8, 4) is 11.1 Å². The van der Waals surface area contributed by atoms with Gasteiger partial charge in [-0.3, -0.25) is 0 Å². The molecule has 0 spiro atoms. The molecular formula is C33H29N. The van der Waals surface area contributed by atoms with E-state index in [0.29, 0.717) is 0 Å². The Morgan fingerprint density at radius 1 is 0.500 bits per heavy atom. The Hall–Kier alpha value is -3.71. The van der Waals surface area contributed by atoms with Crippen molar-refractivity contribution in [3.05, 3.63) is 125 Å². The van der Waals surface area contributed by atoms with Gasteiger partial charge in [0.05, 0.1) is 11.4 Å². The van der Waals surface area contributed by atoms with E-state index in [2.05, 4.69) is 103 Å². The molecule has 0 saturated heterocycles. The zero-order valence-corrected chi connectivity index (χ0v) is 19.5. The summed E-state index contributed by atoms with van der Waals surface area (Å²) in [5, 5.41) is 0. The van der Waals surface area contributed by atoms with Gasteiger partial charge >= 0.3 is 0 Å². The highest BCUT2D eigenvalue weighted by Gasteiger charge is 2.28. The Balaban J connectivity index is 1.60. The zero-order valence-electron chi connectivity index (χ0n) is 19.5. The molecule has 2 aliphatic rings. The van der Waals surface area contributed by atoms with Gasteiger partial charge in [-0.1, -0.05) is 91.0 Å². The van der Waals surface area contributed by atoms with E-state index in [9.17, 15) is 0 Å². The van der Waals surface area contributed by atoms with Crippen molar-refractivity contribution in [2.75, 3.05) is 0 Å². The third kappa shape index (κ3) is 4.03. The van der Waals surface area contributed by atoms with Crippen LogP contribution in [0.1, 0.15) is 59.3 Å². The molecule has 1 aromatic heterocycles. The largest absolute Gasteiger partial charge is 0.248 e. The number of allylic oxidation sites excluding steroid dienone is 2. The van der Waals surface area contributed by atoms with Crippen LogP contribution < -0.4 is 0 Å². The molecule has 0 saturated carbocycles. The normalized spacial score (nSPS) is 17.4. The fourth-order valence-corrected chi connectivity index (χ4v) is 5.57. The van der Waals surface area contributed by atoms with Crippen molar-refractivity contribution < 1.29 is 0 Å². The first-order valence-electron chi connectivity index (χ1n) is 12.5. The molecule has 0 unspecified atom stereocenters. The summed E-state index contributed by atoms with van der Waals surface area (Å²) >= 11 is 0. The Morgan fingerprint density at radius 3 is 1.41 bits per heavy atom. The number of rotatable bonds is 3. The first kappa shape index (κ1) is 20.9. The molecule has 4 aromatic rings. The predicted octanol–water partition coefficient (Wildman–Crippen LogP) is 8.50. The molecular weight excluding hydrogens is 410 g/mol. The first-order valence-corrected chi connectivity index (χ1v) is 12.5. The van der Waals surface area contributed by atoms with Gasteiger partial charge in [-0.2, -0.15) is 0 Å². The van der Waals surface area contributed by atoms with Gasteiger partial charge in [0.15, 0.2) is 0 Å². The van der Waals surface area contributed by atoms with Gasteiger partial charge in [0, 0.05) is 0 Å². The Labute approximate surface area is 202 Å². The van der Waals surface area contributed by atoms with Crippen LogP contribution in [-0.4, -0.2) is 4.98 Å². The van der Waals surface area contributed by atoms with Crippen molar-refractivity contribution in [1.82, 2.24) is 4.98 Å². The fraction of sp³-hybridized carbons (Fsp3) is 0.182. The number of benzene rings is 3. The van der Waals surface area contributed by atoms with E-state index in [1.807, 2.05) is 0 Å². The molecule has 1 nitrogen and oxygen atoms in total. The number of hydrogen-bond acceptors (Lipinski definition) is 1. The van der Waals surface area contributed by atoms with Crippen LogP contribution in [0.15, 0.2) is 91.0 Å². The number of fused-ring (bicyclic) bond motifs is 2. The number of hydrogen-bond donors (Lipinski definition) is 0. The van der Waals surface area contributed by atoms with E-state index >= 15 is 0 Å². The van der Waals surface area contributed by atoms with E-state index in [1.165, 1.54) is 68.8 Å². The van der Waals surface area contributed by atoms with Crippen LogP contribution in [0.25, 0.3) is 34.4 Å². The maximum absolute atomic E-state index is 5.46. The fourth-order valence-electron chi connectivity index (χ4n) is 5.57. The minimum Gasteiger partial charge on any atom is -0.248 e. The first-order chi connectivity index (χ1) is 16.9. The summed E-state index contributed by atoms with van der Waals surface area (Å²) in [7, 11) is 0. The van der Waals surface area contributed by atoms with Crippen LogP contribution in [-0.2, 0) is 12.8 Å². The highest BCUT2D eigenvalue weighted by molar-refractivity contribution is 5.91. The molecule has 166 valence electrons. The van der Waals surface area contributed by atoms with Crippen LogP contribution in [0.2, 0.25) is 0 Å². The van der Waals surface area contributed by atoms with Crippen molar-refractivity contribution >= 4 is 23.3 Å². The maximum atomic E-state index is 5.46. The lowest BCUT2D eigenvalue weighted by Crippen LogP contribution is -2.15. The lowest BCUT2D eigenvalue weighted by atomic mass is 9.78. The molecule has 3 aromatic carbocycles. The van der Waals surface area contributed by atoms with Crippen molar-refractivity contribution in [2.45, 2.75) is 38.5 Å². The number of nitrogens with zero attached hydrogens (tertiary/aromatic N) is 1. The summed E-state index contributed by atoms with van der Waals surface area (Å²) in [6.45, 7) is 0. The summed E-state index contributed by atoms with van der Waals surface area (Å²) in [6, 6.07) is 32.4.